The third-order valence-electron chi connectivity index (χ3n) is 1.77. The summed E-state index contributed by atoms with van der Waals surface area (Å²) in [7, 11) is 0. The molecule has 0 unspecified atom stereocenters. The third-order valence-corrected chi connectivity index (χ3v) is 2.44. The van der Waals surface area contributed by atoms with Crippen molar-refractivity contribution >= 4 is 23.2 Å². The predicted molar refractivity (Wildman–Crippen MR) is 51.8 cm³/mol. The van der Waals surface area contributed by atoms with Crippen molar-refractivity contribution in [3.8, 4) is 0 Å². The minimum atomic E-state index is -0.109. The lowest BCUT2D eigenvalue weighted by atomic mass is 10.1. The molecule has 1 rings (SSSR count). The van der Waals surface area contributed by atoms with Crippen LogP contribution in [0.3, 0.4) is 0 Å². The first-order valence-corrected chi connectivity index (χ1v) is 4.52. The van der Waals surface area contributed by atoms with E-state index in [0.717, 1.165) is 12.0 Å². The molecule has 0 saturated heterocycles. The van der Waals surface area contributed by atoms with Crippen LogP contribution in [0.1, 0.15) is 18.1 Å². The molecule has 0 aliphatic carbocycles. The number of benzene rings is 1. The van der Waals surface area contributed by atoms with E-state index in [9.17, 15) is 0 Å². The van der Waals surface area contributed by atoms with E-state index in [2.05, 4.69) is 0 Å². The van der Waals surface area contributed by atoms with Gasteiger partial charge in [-0.2, -0.15) is 0 Å². The topological polar surface area (TPSA) is 20.2 Å². The maximum Gasteiger partial charge on any atom is 0.0711 e. The summed E-state index contributed by atoms with van der Waals surface area (Å²) in [6.07, 6.45) is 0.894. The molecule has 1 N–H and O–H groups in total. The molecule has 1 aromatic rings. The van der Waals surface area contributed by atoms with Crippen molar-refractivity contribution in [3.05, 3.63) is 33.3 Å². The van der Waals surface area contributed by atoms with Gasteiger partial charge in [0, 0.05) is 15.6 Å². The molecule has 0 spiro atoms. The number of rotatable bonds is 2. The Bertz CT molecular complexity index is 261. The van der Waals surface area contributed by atoms with E-state index in [1.165, 1.54) is 0 Å². The average Bonchev–Trinajstić information content (AvgIpc) is 2.03. The van der Waals surface area contributed by atoms with Crippen LogP contribution in [-0.2, 0) is 13.0 Å². The van der Waals surface area contributed by atoms with E-state index in [-0.39, 0.29) is 6.61 Å². The van der Waals surface area contributed by atoms with Gasteiger partial charge in [-0.05, 0) is 24.1 Å². The van der Waals surface area contributed by atoms with Crippen LogP contribution in [-0.4, -0.2) is 5.11 Å². The summed E-state index contributed by atoms with van der Waals surface area (Å²) in [6.45, 7) is 1.92. The van der Waals surface area contributed by atoms with Gasteiger partial charge < -0.3 is 5.11 Å². The standard InChI is InChI=1S/C9H10Cl2O/c1-2-6-3-8(10)7(5-12)9(11)4-6/h3-4,12H,2,5H2,1H3. The fraction of sp³-hybridized carbons (Fsp3) is 0.333. The van der Waals surface area contributed by atoms with Crippen LogP contribution in [0.15, 0.2) is 12.1 Å². The molecule has 0 radical (unpaired) electrons. The van der Waals surface area contributed by atoms with Crippen molar-refractivity contribution in [3.63, 3.8) is 0 Å². The second kappa shape index (κ2) is 4.13. The van der Waals surface area contributed by atoms with Gasteiger partial charge >= 0.3 is 0 Å². The summed E-state index contributed by atoms with van der Waals surface area (Å²) in [5, 5.41) is 9.98. The molecule has 0 aliphatic heterocycles. The Morgan fingerprint density at radius 2 is 1.75 bits per heavy atom. The molecule has 12 heavy (non-hydrogen) atoms. The summed E-state index contributed by atoms with van der Waals surface area (Å²) in [4.78, 5) is 0. The number of aliphatic hydroxyl groups excluding tert-OH is 1. The zero-order valence-electron chi connectivity index (χ0n) is 6.77. The smallest absolute Gasteiger partial charge is 0.0711 e. The van der Waals surface area contributed by atoms with Crippen LogP contribution in [0.4, 0.5) is 0 Å². The first kappa shape index (κ1) is 9.85. The fourth-order valence-corrected chi connectivity index (χ4v) is 1.66. The lowest BCUT2D eigenvalue weighted by Gasteiger charge is -2.05. The highest BCUT2D eigenvalue weighted by Crippen LogP contribution is 2.26. The van der Waals surface area contributed by atoms with Gasteiger partial charge in [-0.25, -0.2) is 0 Å². The Morgan fingerprint density at radius 1 is 1.25 bits per heavy atom. The Balaban J connectivity index is 3.18. The number of hydrogen-bond donors (Lipinski definition) is 1. The number of hydrogen-bond acceptors (Lipinski definition) is 1. The molecule has 0 amide bonds. The monoisotopic (exact) mass is 204 g/mol. The fourth-order valence-electron chi connectivity index (χ4n) is 1.01. The Kier molecular flexibility index (Phi) is 3.39. The van der Waals surface area contributed by atoms with Gasteiger partial charge in [-0.1, -0.05) is 30.1 Å². The molecule has 0 aliphatic rings. The molecular formula is C9H10Cl2O. The Hall–Kier alpha value is -0.240. The zero-order chi connectivity index (χ0) is 9.14. The quantitative estimate of drug-likeness (QED) is 0.786. The molecule has 0 heterocycles. The summed E-state index contributed by atoms with van der Waals surface area (Å²) in [5.41, 5.74) is 1.69. The van der Waals surface area contributed by atoms with Gasteiger partial charge in [0.15, 0.2) is 0 Å². The normalized spacial score (nSPS) is 10.3. The number of halogens is 2. The maximum absolute atomic E-state index is 8.89. The highest BCUT2D eigenvalue weighted by molar-refractivity contribution is 6.36. The van der Waals surface area contributed by atoms with Gasteiger partial charge in [0.25, 0.3) is 0 Å². The van der Waals surface area contributed by atoms with Crippen LogP contribution in [0.25, 0.3) is 0 Å². The van der Waals surface area contributed by atoms with E-state index in [0.29, 0.717) is 15.6 Å². The molecule has 3 heteroatoms. The SMILES string of the molecule is CCc1cc(Cl)c(CO)c(Cl)c1. The molecule has 0 bridgehead atoms. The molecule has 1 nitrogen and oxygen atoms in total. The van der Waals surface area contributed by atoms with Crippen molar-refractivity contribution in [1.82, 2.24) is 0 Å². The van der Waals surface area contributed by atoms with E-state index >= 15 is 0 Å². The molecule has 0 atom stereocenters. The van der Waals surface area contributed by atoms with E-state index < -0.39 is 0 Å². The molecule has 0 fully saturated rings. The number of aliphatic hydroxyl groups is 1. The van der Waals surface area contributed by atoms with Crippen LogP contribution in [0.2, 0.25) is 10.0 Å². The van der Waals surface area contributed by atoms with E-state index in [4.69, 9.17) is 28.3 Å². The summed E-state index contributed by atoms with van der Waals surface area (Å²) >= 11 is 11.7. The molecule has 1 aromatic carbocycles. The Morgan fingerprint density at radius 3 is 2.08 bits per heavy atom. The van der Waals surface area contributed by atoms with Gasteiger partial charge in [0.05, 0.1) is 6.61 Å². The Labute approximate surface area is 81.9 Å². The second-order valence-electron chi connectivity index (χ2n) is 2.55. The van der Waals surface area contributed by atoms with Crippen LogP contribution >= 0.6 is 23.2 Å². The predicted octanol–water partition coefficient (Wildman–Crippen LogP) is 3.05. The minimum absolute atomic E-state index is 0.109. The van der Waals surface area contributed by atoms with Gasteiger partial charge in [-0.3, -0.25) is 0 Å². The third kappa shape index (κ3) is 1.92. The van der Waals surface area contributed by atoms with E-state index in [1.54, 1.807) is 0 Å². The second-order valence-corrected chi connectivity index (χ2v) is 3.36. The maximum atomic E-state index is 8.89. The minimum Gasteiger partial charge on any atom is -0.392 e. The van der Waals surface area contributed by atoms with Crippen LogP contribution < -0.4 is 0 Å². The first-order valence-electron chi connectivity index (χ1n) is 3.76. The highest BCUT2D eigenvalue weighted by atomic mass is 35.5. The van der Waals surface area contributed by atoms with Gasteiger partial charge in [0.2, 0.25) is 0 Å². The average molecular weight is 205 g/mol. The lowest BCUT2D eigenvalue weighted by Crippen LogP contribution is -1.89. The van der Waals surface area contributed by atoms with E-state index in [1.807, 2.05) is 19.1 Å². The molecule has 0 saturated carbocycles. The van der Waals surface area contributed by atoms with Crippen molar-refractivity contribution in [1.29, 1.82) is 0 Å². The molecule has 0 aromatic heterocycles. The van der Waals surface area contributed by atoms with Crippen molar-refractivity contribution in [2.75, 3.05) is 0 Å². The summed E-state index contributed by atoms with van der Waals surface area (Å²) < 4.78 is 0. The van der Waals surface area contributed by atoms with Crippen molar-refractivity contribution < 1.29 is 5.11 Å². The van der Waals surface area contributed by atoms with Crippen molar-refractivity contribution in [2.24, 2.45) is 0 Å². The molecular weight excluding hydrogens is 195 g/mol. The number of aryl methyl sites for hydroxylation is 1. The van der Waals surface area contributed by atoms with Gasteiger partial charge in [0.1, 0.15) is 0 Å². The van der Waals surface area contributed by atoms with Crippen LogP contribution in [0.5, 0.6) is 0 Å². The summed E-state index contributed by atoms with van der Waals surface area (Å²) in [6, 6.07) is 3.66. The first-order chi connectivity index (χ1) is 5.69. The molecule has 66 valence electrons. The van der Waals surface area contributed by atoms with Crippen molar-refractivity contribution in [2.45, 2.75) is 20.0 Å². The lowest BCUT2D eigenvalue weighted by molar-refractivity contribution is 0.282. The highest BCUT2D eigenvalue weighted by Gasteiger charge is 2.05. The zero-order valence-corrected chi connectivity index (χ0v) is 8.28. The van der Waals surface area contributed by atoms with Crippen LogP contribution in [0, 0.1) is 0 Å². The van der Waals surface area contributed by atoms with Gasteiger partial charge in [-0.15, -0.1) is 0 Å². The largest absolute Gasteiger partial charge is 0.392 e. The summed E-state index contributed by atoms with van der Waals surface area (Å²) in [5.74, 6) is 0.